The second-order valence-corrected chi connectivity index (χ2v) is 7.66. The van der Waals surface area contributed by atoms with Crippen LogP contribution in [-0.2, 0) is 4.79 Å². The third-order valence-corrected chi connectivity index (χ3v) is 5.04. The normalized spacial score (nSPS) is 11.3. The Kier molecular flexibility index (Phi) is 19.4. The van der Waals surface area contributed by atoms with E-state index in [1.807, 2.05) is 0 Å². The van der Waals surface area contributed by atoms with Crippen LogP contribution >= 0.6 is 0 Å². The van der Waals surface area contributed by atoms with Crippen LogP contribution in [0.2, 0.25) is 0 Å². The minimum Gasteiger partial charge on any atom is -0.478 e. The van der Waals surface area contributed by atoms with E-state index in [0.717, 1.165) is 12.8 Å². The highest BCUT2D eigenvalue weighted by Crippen LogP contribution is 2.13. The minimum absolute atomic E-state index is 0.351. The molecule has 0 heterocycles. The van der Waals surface area contributed by atoms with Crippen LogP contribution in [0.5, 0.6) is 0 Å². The average molecular weight is 365 g/mol. The molecule has 0 saturated heterocycles. The zero-order chi connectivity index (χ0) is 19.3. The largest absolute Gasteiger partial charge is 0.478 e. The molecule has 0 rings (SSSR count). The highest BCUT2D eigenvalue weighted by Gasteiger charge is 2.02. The van der Waals surface area contributed by atoms with E-state index in [-0.39, 0.29) is 0 Å². The van der Waals surface area contributed by atoms with Crippen molar-refractivity contribution in [2.45, 2.75) is 122 Å². The third kappa shape index (κ3) is 19.3. The van der Waals surface area contributed by atoms with Gasteiger partial charge in [0.05, 0.1) is 0 Å². The molecule has 0 aliphatic carbocycles. The van der Waals surface area contributed by atoms with E-state index in [1.165, 1.54) is 96.3 Å². The predicted molar refractivity (Wildman–Crippen MR) is 115 cm³/mol. The van der Waals surface area contributed by atoms with Crippen molar-refractivity contribution >= 4 is 5.97 Å². The lowest BCUT2D eigenvalue weighted by atomic mass is 10.0. The maximum absolute atomic E-state index is 10.6. The van der Waals surface area contributed by atoms with Crippen molar-refractivity contribution in [2.75, 3.05) is 0 Å². The summed E-state index contributed by atoms with van der Waals surface area (Å²) in [5.74, 6) is -0.847. The van der Waals surface area contributed by atoms with Gasteiger partial charge in [0, 0.05) is 5.57 Å². The Bertz CT molecular complexity index is 357. The Balaban J connectivity index is 3.15. The van der Waals surface area contributed by atoms with Gasteiger partial charge in [-0.3, -0.25) is 0 Å². The number of carbonyl (C=O) groups is 1. The molecule has 0 spiro atoms. The number of hydrogen-bond donors (Lipinski definition) is 1. The number of aliphatic carboxylic acids is 1. The van der Waals surface area contributed by atoms with Gasteiger partial charge in [-0.15, -0.1) is 0 Å². The Morgan fingerprint density at radius 2 is 1.08 bits per heavy atom. The van der Waals surface area contributed by atoms with Gasteiger partial charge in [0.2, 0.25) is 0 Å². The summed E-state index contributed by atoms with van der Waals surface area (Å²) in [5, 5.41) is 8.73. The van der Waals surface area contributed by atoms with Crippen LogP contribution in [-0.4, -0.2) is 11.1 Å². The smallest absolute Gasteiger partial charge is 0.330 e. The molecule has 0 atom stereocenters. The van der Waals surface area contributed by atoms with Crippen LogP contribution in [0, 0.1) is 0 Å². The summed E-state index contributed by atoms with van der Waals surface area (Å²) in [6, 6.07) is 0. The molecule has 0 aromatic heterocycles. The van der Waals surface area contributed by atoms with E-state index in [1.54, 1.807) is 0 Å². The molecule has 2 nitrogen and oxygen atoms in total. The molecular formula is C24H44O2. The Hall–Kier alpha value is -1.05. The van der Waals surface area contributed by atoms with Crippen LogP contribution < -0.4 is 0 Å². The number of rotatable bonds is 20. The van der Waals surface area contributed by atoms with E-state index in [2.05, 4.69) is 25.7 Å². The molecule has 0 aromatic rings. The lowest BCUT2D eigenvalue weighted by molar-refractivity contribution is -0.132. The monoisotopic (exact) mass is 364 g/mol. The van der Waals surface area contributed by atoms with Gasteiger partial charge in [0.15, 0.2) is 0 Å². The quantitative estimate of drug-likeness (QED) is 0.134. The zero-order valence-corrected chi connectivity index (χ0v) is 17.4. The first-order valence-electron chi connectivity index (χ1n) is 11.2. The lowest BCUT2D eigenvalue weighted by Crippen LogP contribution is -1.98. The number of carboxylic acids is 1. The second kappa shape index (κ2) is 20.3. The molecule has 152 valence electrons. The van der Waals surface area contributed by atoms with Crippen LogP contribution in [0.25, 0.3) is 0 Å². The summed E-state index contributed by atoms with van der Waals surface area (Å²) >= 11 is 0. The Morgan fingerprint density at radius 3 is 1.50 bits per heavy atom. The predicted octanol–water partition coefficient (Wildman–Crippen LogP) is 8.23. The molecule has 0 radical (unpaired) electrons. The van der Waals surface area contributed by atoms with Crippen molar-refractivity contribution in [2.24, 2.45) is 0 Å². The Morgan fingerprint density at radius 1 is 0.692 bits per heavy atom. The van der Waals surface area contributed by atoms with Crippen LogP contribution in [0.15, 0.2) is 24.3 Å². The van der Waals surface area contributed by atoms with E-state index < -0.39 is 5.97 Å². The first kappa shape index (κ1) is 24.9. The number of allylic oxidation sites excluding steroid dienone is 2. The van der Waals surface area contributed by atoms with E-state index in [9.17, 15) is 4.79 Å². The van der Waals surface area contributed by atoms with E-state index >= 15 is 0 Å². The molecule has 0 unspecified atom stereocenters. The van der Waals surface area contributed by atoms with Gasteiger partial charge in [0.1, 0.15) is 0 Å². The summed E-state index contributed by atoms with van der Waals surface area (Å²) < 4.78 is 0. The lowest BCUT2D eigenvalue weighted by Gasteiger charge is -2.02. The molecule has 2 heteroatoms. The van der Waals surface area contributed by atoms with Crippen molar-refractivity contribution in [3.63, 3.8) is 0 Å². The molecule has 0 aliphatic heterocycles. The molecule has 0 fully saturated rings. The van der Waals surface area contributed by atoms with Crippen molar-refractivity contribution in [3.05, 3.63) is 24.3 Å². The third-order valence-electron chi connectivity index (χ3n) is 5.04. The molecule has 1 N–H and O–H groups in total. The standard InChI is InChI=1S/C24H44O2/c1-3-4-5-6-7-8-9-10-11-12-13-14-15-16-17-18-19-20-21-22-23(2)24(25)26/h12-13H,2-11,14-22H2,1H3,(H,25,26). The summed E-state index contributed by atoms with van der Waals surface area (Å²) in [5.41, 5.74) is 0.351. The molecule has 0 amide bonds. The molecule has 26 heavy (non-hydrogen) atoms. The van der Waals surface area contributed by atoms with Crippen molar-refractivity contribution in [1.29, 1.82) is 0 Å². The highest BCUT2D eigenvalue weighted by molar-refractivity contribution is 5.85. The van der Waals surface area contributed by atoms with Crippen LogP contribution in [0.3, 0.4) is 0 Å². The van der Waals surface area contributed by atoms with Gasteiger partial charge in [-0.05, 0) is 38.5 Å². The number of hydrogen-bond acceptors (Lipinski definition) is 1. The first-order valence-corrected chi connectivity index (χ1v) is 11.2. The Labute approximate surface area is 163 Å². The van der Waals surface area contributed by atoms with Gasteiger partial charge in [0.25, 0.3) is 0 Å². The van der Waals surface area contributed by atoms with E-state index in [4.69, 9.17) is 5.11 Å². The fraction of sp³-hybridized carbons (Fsp3) is 0.792. The van der Waals surface area contributed by atoms with Crippen molar-refractivity contribution < 1.29 is 9.90 Å². The fourth-order valence-electron chi connectivity index (χ4n) is 3.22. The summed E-state index contributed by atoms with van der Waals surface area (Å²) in [4.78, 5) is 10.6. The fourth-order valence-corrected chi connectivity index (χ4v) is 3.22. The summed E-state index contributed by atoms with van der Waals surface area (Å²) in [6.07, 6.45) is 27.6. The molecule has 0 saturated carbocycles. The topological polar surface area (TPSA) is 37.3 Å². The summed E-state index contributed by atoms with van der Waals surface area (Å²) in [6.45, 7) is 5.84. The van der Waals surface area contributed by atoms with Gasteiger partial charge in [-0.2, -0.15) is 0 Å². The molecular weight excluding hydrogens is 320 g/mol. The van der Waals surface area contributed by atoms with Crippen molar-refractivity contribution in [3.8, 4) is 0 Å². The van der Waals surface area contributed by atoms with Crippen LogP contribution in [0.4, 0.5) is 0 Å². The molecule has 0 bridgehead atoms. The van der Waals surface area contributed by atoms with Crippen molar-refractivity contribution in [1.82, 2.24) is 0 Å². The zero-order valence-electron chi connectivity index (χ0n) is 17.4. The maximum atomic E-state index is 10.6. The number of unbranched alkanes of at least 4 members (excludes halogenated alkanes) is 15. The van der Waals surface area contributed by atoms with Gasteiger partial charge < -0.3 is 5.11 Å². The maximum Gasteiger partial charge on any atom is 0.330 e. The van der Waals surface area contributed by atoms with Gasteiger partial charge in [-0.25, -0.2) is 4.79 Å². The summed E-state index contributed by atoms with van der Waals surface area (Å²) in [7, 11) is 0. The van der Waals surface area contributed by atoms with E-state index in [0.29, 0.717) is 12.0 Å². The SMILES string of the molecule is C=C(CCCCCCCCCC=CCCCCCCCCCC)C(=O)O. The van der Waals surface area contributed by atoms with Gasteiger partial charge in [-0.1, -0.05) is 103 Å². The minimum atomic E-state index is -0.847. The van der Waals surface area contributed by atoms with Gasteiger partial charge >= 0.3 is 5.97 Å². The first-order chi connectivity index (χ1) is 12.7. The highest BCUT2D eigenvalue weighted by atomic mass is 16.4. The molecule has 0 aromatic carbocycles. The number of carboxylic acid groups (broad SMARTS) is 1. The van der Waals surface area contributed by atoms with Crippen LogP contribution in [0.1, 0.15) is 122 Å². The second-order valence-electron chi connectivity index (χ2n) is 7.66. The average Bonchev–Trinajstić information content (AvgIpc) is 2.63. The molecule has 0 aliphatic rings.